The Balaban J connectivity index is 1.65. The van der Waals surface area contributed by atoms with Crippen molar-refractivity contribution in [1.82, 2.24) is 5.32 Å². The van der Waals surface area contributed by atoms with Crippen molar-refractivity contribution in [1.29, 1.82) is 0 Å². The summed E-state index contributed by atoms with van der Waals surface area (Å²) in [6.07, 6.45) is 2.45. The van der Waals surface area contributed by atoms with Gasteiger partial charge in [0.05, 0.1) is 19.5 Å². The van der Waals surface area contributed by atoms with Crippen molar-refractivity contribution >= 4 is 0 Å². The lowest BCUT2D eigenvalue weighted by Crippen LogP contribution is -2.34. The minimum absolute atomic E-state index is 0.380. The lowest BCUT2D eigenvalue weighted by molar-refractivity contribution is 0.0340. The van der Waals surface area contributed by atoms with E-state index in [4.69, 9.17) is 13.9 Å². The molecule has 118 valence electrons. The second-order valence-electron chi connectivity index (χ2n) is 5.65. The van der Waals surface area contributed by atoms with E-state index < -0.39 is 5.60 Å². The Morgan fingerprint density at radius 2 is 2.05 bits per heavy atom. The minimum Gasteiger partial charge on any atom is -0.490 e. The van der Waals surface area contributed by atoms with Crippen LogP contribution in [0.25, 0.3) is 0 Å². The van der Waals surface area contributed by atoms with Crippen molar-refractivity contribution in [3.63, 3.8) is 0 Å². The van der Waals surface area contributed by atoms with Gasteiger partial charge in [0.2, 0.25) is 0 Å². The molecule has 0 bridgehead atoms. The summed E-state index contributed by atoms with van der Waals surface area (Å²) in [7, 11) is 0. The number of fused-ring (bicyclic) bond motifs is 1. The molecule has 1 aliphatic heterocycles. The first-order valence-corrected chi connectivity index (χ1v) is 7.51. The zero-order valence-corrected chi connectivity index (χ0v) is 12.7. The first kappa shape index (κ1) is 14.9. The molecule has 1 aromatic heterocycles. The van der Waals surface area contributed by atoms with Crippen LogP contribution in [0.15, 0.2) is 41.0 Å². The third-order valence-electron chi connectivity index (χ3n) is 3.69. The first-order valence-electron chi connectivity index (χ1n) is 7.51. The van der Waals surface area contributed by atoms with Crippen LogP contribution in [0.4, 0.5) is 0 Å². The summed E-state index contributed by atoms with van der Waals surface area (Å²) < 4.78 is 16.7. The molecule has 0 fully saturated rings. The summed E-state index contributed by atoms with van der Waals surface area (Å²) in [4.78, 5) is 0. The highest BCUT2D eigenvalue weighted by Gasteiger charge is 2.25. The van der Waals surface area contributed by atoms with Crippen LogP contribution in [-0.4, -0.2) is 24.9 Å². The molecule has 22 heavy (non-hydrogen) atoms. The summed E-state index contributed by atoms with van der Waals surface area (Å²) in [5, 5.41) is 13.7. The zero-order chi connectivity index (χ0) is 15.4. The van der Waals surface area contributed by atoms with Gasteiger partial charge in [-0.25, -0.2) is 0 Å². The van der Waals surface area contributed by atoms with Gasteiger partial charge in [0, 0.05) is 25.1 Å². The fourth-order valence-corrected chi connectivity index (χ4v) is 2.51. The summed E-state index contributed by atoms with van der Waals surface area (Å²) in [6.45, 7) is 4.03. The number of furan rings is 1. The molecule has 1 unspecified atom stereocenters. The van der Waals surface area contributed by atoms with Gasteiger partial charge in [-0.1, -0.05) is 12.1 Å². The van der Waals surface area contributed by atoms with E-state index in [1.807, 2.05) is 18.2 Å². The van der Waals surface area contributed by atoms with Gasteiger partial charge in [0.1, 0.15) is 11.4 Å². The van der Waals surface area contributed by atoms with Crippen LogP contribution >= 0.6 is 0 Å². The minimum atomic E-state index is -1.05. The summed E-state index contributed by atoms with van der Waals surface area (Å²) in [5.74, 6) is 2.13. The van der Waals surface area contributed by atoms with Crippen LogP contribution in [0.5, 0.6) is 11.5 Å². The number of para-hydroxylation sites is 1. The second kappa shape index (κ2) is 6.42. The third kappa shape index (κ3) is 3.26. The van der Waals surface area contributed by atoms with Gasteiger partial charge in [-0.05, 0) is 25.1 Å². The molecule has 0 radical (unpaired) electrons. The van der Waals surface area contributed by atoms with Gasteiger partial charge in [-0.2, -0.15) is 0 Å². The van der Waals surface area contributed by atoms with Gasteiger partial charge in [-0.3, -0.25) is 0 Å². The fraction of sp³-hybridized carbons (Fsp3) is 0.412. The standard InChI is InChI=1S/C17H21NO4/c1-17(19,15-7-3-8-21-15)12-18-11-13-5-2-6-14-16(13)22-10-4-9-20-14/h2-3,5-8,18-19H,4,9-12H2,1H3. The van der Waals surface area contributed by atoms with Crippen molar-refractivity contribution in [2.75, 3.05) is 19.8 Å². The van der Waals surface area contributed by atoms with Gasteiger partial charge in [-0.15, -0.1) is 0 Å². The Kier molecular flexibility index (Phi) is 4.36. The van der Waals surface area contributed by atoms with E-state index in [1.54, 1.807) is 25.3 Å². The molecule has 1 aliphatic rings. The van der Waals surface area contributed by atoms with Gasteiger partial charge in [0.25, 0.3) is 0 Å². The summed E-state index contributed by atoms with van der Waals surface area (Å²) in [6, 6.07) is 9.42. The van der Waals surface area contributed by atoms with Crippen molar-refractivity contribution in [3.8, 4) is 11.5 Å². The van der Waals surface area contributed by atoms with Gasteiger partial charge in [0.15, 0.2) is 11.5 Å². The number of ether oxygens (including phenoxy) is 2. The van der Waals surface area contributed by atoms with E-state index in [-0.39, 0.29) is 0 Å². The van der Waals surface area contributed by atoms with Crippen molar-refractivity contribution in [2.24, 2.45) is 0 Å². The number of aliphatic hydroxyl groups is 1. The van der Waals surface area contributed by atoms with E-state index >= 15 is 0 Å². The van der Waals surface area contributed by atoms with E-state index in [1.165, 1.54) is 0 Å². The Labute approximate surface area is 129 Å². The highest BCUT2D eigenvalue weighted by molar-refractivity contribution is 5.47. The summed E-state index contributed by atoms with van der Waals surface area (Å²) >= 11 is 0. The molecule has 1 aromatic carbocycles. The van der Waals surface area contributed by atoms with E-state index in [2.05, 4.69) is 5.32 Å². The Morgan fingerprint density at radius 3 is 2.86 bits per heavy atom. The molecular weight excluding hydrogens is 282 g/mol. The monoisotopic (exact) mass is 303 g/mol. The predicted octanol–water partition coefficient (Wildman–Crippen LogP) is 2.44. The quantitative estimate of drug-likeness (QED) is 0.888. The molecule has 0 spiro atoms. The van der Waals surface area contributed by atoms with Crippen LogP contribution in [0.1, 0.15) is 24.7 Å². The molecular formula is C17H21NO4. The zero-order valence-electron chi connectivity index (χ0n) is 12.7. The molecule has 0 saturated heterocycles. The second-order valence-corrected chi connectivity index (χ2v) is 5.65. The van der Waals surface area contributed by atoms with Crippen molar-refractivity contribution in [3.05, 3.63) is 47.9 Å². The fourth-order valence-electron chi connectivity index (χ4n) is 2.51. The maximum atomic E-state index is 10.4. The lowest BCUT2D eigenvalue weighted by Gasteiger charge is -2.21. The maximum absolute atomic E-state index is 10.4. The van der Waals surface area contributed by atoms with Crippen LogP contribution in [-0.2, 0) is 12.1 Å². The Morgan fingerprint density at radius 1 is 1.18 bits per heavy atom. The van der Waals surface area contributed by atoms with Gasteiger partial charge < -0.3 is 24.3 Å². The van der Waals surface area contributed by atoms with E-state index in [0.29, 0.717) is 32.1 Å². The number of rotatable bonds is 5. The molecule has 2 N–H and O–H groups in total. The molecule has 5 heteroatoms. The van der Waals surface area contributed by atoms with Crippen LogP contribution in [0, 0.1) is 0 Å². The average Bonchev–Trinajstić information content (AvgIpc) is 2.94. The van der Waals surface area contributed by atoms with Crippen LogP contribution < -0.4 is 14.8 Å². The smallest absolute Gasteiger partial charge is 0.165 e. The molecule has 2 aromatic rings. The average molecular weight is 303 g/mol. The molecule has 0 aliphatic carbocycles. The largest absolute Gasteiger partial charge is 0.490 e. The maximum Gasteiger partial charge on any atom is 0.165 e. The molecule has 0 amide bonds. The van der Waals surface area contributed by atoms with Crippen LogP contribution in [0.2, 0.25) is 0 Å². The number of benzene rings is 1. The number of hydrogen-bond acceptors (Lipinski definition) is 5. The molecule has 5 nitrogen and oxygen atoms in total. The number of hydrogen-bond donors (Lipinski definition) is 2. The van der Waals surface area contributed by atoms with Crippen LogP contribution in [0.3, 0.4) is 0 Å². The molecule has 0 saturated carbocycles. The normalized spacial score (nSPS) is 16.8. The SMILES string of the molecule is CC(O)(CNCc1cccc2c1OCCCO2)c1ccco1. The Bertz CT molecular complexity index is 607. The number of nitrogens with one attached hydrogen (secondary N) is 1. The first-order chi connectivity index (χ1) is 10.7. The van der Waals surface area contributed by atoms with Gasteiger partial charge >= 0.3 is 0 Å². The van der Waals surface area contributed by atoms with E-state index in [9.17, 15) is 5.11 Å². The highest BCUT2D eigenvalue weighted by Crippen LogP contribution is 2.33. The summed E-state index contributed by atoms with van der Waals surface area (Å²) in [5.41, 5.74) is -0.0262. The highest BCUT2D eigenvalue weighted by atomic mass is 16.5. The van der Waals surface area contributed by atoms with E-state index in [0.717, 1.165) is 23.5 Å². The Hall–Kier alpha value is -1.98. The molecule has 3 rings (SSSR count). The van der Waals surface area contributed by atoms with Crippen molar-refractivity contribution < 1.29 is 19.0 Å². The lowest BCUT2D eigenvalue weighted by atomic mass is 10.0. The predicted molar refractivity (Wildman–Crippen MR) is 82.0 cm³/mol. The topological polar surface area (TPSA) is 63.9 Å². The molecule has 1 atom stereocenters. The molecule has 2 heterocycles. The third-order valence-corrected chi connectivity index (χ3v) is 3.69. The van der Waals surface area contributed by atoms with Crippen molar-refractivity contribution in [2.45, 2.75) is 25.5 Å².